The standard InChI is InChI=1S/C13H20ClN3O/c1-9(10-3-4-10)17(5-6-18-2)13-12(14)7-11(15)8-16-13/h7-10H,3-6,15H2,1-2H3. The van der Waals surface area contributed by atoms with Gasteiger partial charge in [-0.3, -0.25) is 0 Å². The molecule has 1 saturated carbocycles. The number of aromatic nitrogens is 1. The summed E-state index contributed by atoms with van der Waals surface area (Å²) in [6.45, 7) is 3.69. The van der Waals surface area contributed by atoms with E-state index < -0.39 is 0 Å². The summed E-state index contributed by atoms with van der Waals surface area (Å²) in [6, 6.07) is 2.19. The first-order valence-corrected chi connectivity index (χ1v) is 6.68. The monoisotopic (exact) mass is 269 g/mol. The molecule has 100 valence electrons. The highest BCUT2D eigenvalue weighted by atomic mass is 35.5. The molecule has 0 saturated heterocycles. The van der Waals surface area contributed by atoms with Gasteiger partial charge in [-0.1, -0.05) is 11.6 Å². The fraction of sp³-hybridized carbons (Fsp3) is 0.615. The second-order valence-electron chi connectivity index (χ2n) is 4.84. The van der Waals surface area contributed by atoms with Gasteiger partial charge in [-0.15, -0.1) is 0 Å². The number of hydrogen-bond acceptors (Lipinski definition) is 4. The maximum absolute atomic E-state index is 6.25. The zero-order valence-electron chi connectivity index (χ0n) is 10.9. The molecule has 0 bridgehead atoms. The number of anilines is 2. The largest absolute Gasteiger partial charge is 0.397 e. The van der Waals surface area contributed by atoms with E-state index in [0.29, 0.717) is 23.4 Å². The second-order valence-corrected chi connectivity index (χ2v) is 5.25. The van der Waals surface area contributed by atoms with Crippen LogP contribution in [0.15, 0.2) is 12.3 Å². The van der Waals surface area contributed by atoms with Gasteiger partial charge in [0.15, 0.2) is 0 Å². The molecular weight excluding hydrogens is 250 g/mol. The summed E-state index contributed by atoms with van der Waals surface area (Å²) in [5.41, 5.74) is 6.28. The molecule has 0 radical (unpaired) electrons. The average molecular weight is 270 g/mol. The molecule has 1 aromatic rings. The molecule has 0 spiro atoms. The summed E-state index contributed by atoms with van der Waals surface area (Å²) < 4.78 is 5.17. The predicted molar refractivity (Wildman–Crippen MR) is 75.1 cm³/mol. The van der Waals surface area contributed by atoms with Gasteiger partial charge < -0.3 is 15.4 Å². The van der Waals surface area contributed by atoms with E-state index in [9.17, 15) is 0 Å². The number of ether oxygens (including phenoxy) is 1. The number of methoxy groups -OCH3 is 1. The van der Waals surface area contributed by atoms with Gasteiger partial charge in [0, 0.05) is 19.7 Å². The number of nitrogens with zero attached hydrogens (tertiary/aromatic N) is 2. The lowest BCUT2D eigenvalue weighted by molar-refractivity contribution is 0.202. The van der Waals surface area contributed by atoms with Crippen LogP contribution in [0.1, 0.15) is 19.8 Å². The van der Waals surface area contributed by atoms with Crippen LogP contribution in [-0.2, 0) is 4.74 Å². The first kappa shape index (κ1) is 13.4. The van der Waals surface area contributed by atoms with Gasteiger partial charge in [0.2, 0.25) is 0 Å². The van der Waals surface area contributed by atoms with E-state index in [-0.39, 0.29) is 0 Å². The van der Waals surface area contributed by atoms with Crippen molar-refractivity contribution in [2.24, 2.45) is 5.92 Å². The Balaban J connectivity index is 2.20. The fourth-order valence-corrected chi connectivity index (χ4v) is 2.47. The van der Waals surface area contributed by atoms with E-state index in [1.807, 2.05) is 0 Å². The van der Waals surface area contributed by atoms with Crippen LogP contribution in [0.25, 0.3) is 0 Å². The lowest BCUT2D eigenvalue weighted by atomic mass is 10.2. The molecule has 1 unspecified atom stereocenters. The molecule has 0 amide bonds. The first-order valence-electron chi connectivity index (χ1n) is 6.30. The van der Waals surface area contributed by atoms with Crippen LogP contribution in [0.5, 0.6) is 0 Å². The van der Waals surface area contributed by atoms with E-state index in [1.165, 1.54) is 12.8 Å². The zero-order valence-corrected chi connectivity index (χ0v) is 11.7. The highest BCUT2D eigenvalue weighted by molar-refractivity contribution is 6.33. The van der Waals surface area contributed by atoms with Crippen molar-refractivity contribution in [1.29, 1.82) is 0 Å². The minimum absolute atomic E-state index is 0.439. The van der Waals surface area contributed by atoms with Crippen molar-refractivity contribution >= 4 is 23.1 Å². The minimum Gasteiger partial charge on any atom is -0.397 e. The van der Waals surface area contributed by atoms with Crippen molar-refractivity contribution < 1.29 is 4.74 Å². The Kier molecular flexibility index (Phi) is 4.30. The lowest BCUT2D eigenvalue weighted by Gasteiger charge is -2.31. The van der Waals surface area contributed by atoms with Gasteiger partial charge in [-0.2, -0.15) is 0 Å². The van der Waals surface area contributed by atoms with Crippen molar-refractivity contribution in [2.75, 3.05) is 30.9 Å². The van der Waals surface area contributed by atoms with E-state index in [2.05, 4.69) is 16.8 Å². The van der Waals surface area contributed by atoms with E-state index in [4.69, 9.17) is 22.1 Å². The molecule has 1 heterocycles. The van der Waals surface area contributed by atoms with Crippen molar-refractivity contribution in [2.45, 2.75) is 25.8 Å². The molecule has 2 N–H and O–H groups in total. The van der Waals surface area contributed by atoms with Crippen LogP contribution in [0.4, 0.5) is 11.5 Å². The molecule has 1 aromatic heterocycles. The summed E-state index contributed by atoms with van der Waals surface area (Å²) >= 11 is 6.25. The van der Waals surface area contributed by atoms with Gasteiger partial charge in [-0.05, 0) is 31.7 Å². The van der Waals surface area contributed by atoms with Crippen LogP contribution < -0.4 is 10.6 Å². The van der Waals surface area contributed by atoms with Gasteiger partial charge >= 0.3 is 0 Å². The number of rotatable bonds is 6. The molecule has 1 atom stereocenters. The van der Waals surface area contributed by atoms with Crippen molar-refractivity contribution in [3.8, 4) is 0 Å². The summed E-state index contributed by atoms with van der Waals surface area (Å²) in [4.78, 5) is 6.60. The SMILES string of the molecule is COCCN(c1ncc(N)cc1Cl)C(C)C1CC1. The van der Waals surface area contributed by atoms with Gasteiger partial charge in [0.1, 0.15) is 5.82 Å². The molecule has 5 heteroatoms. The van der Waals surface area contributed by atoms with E-state index in [1.54, 1.807) is 19.4 Å². The smallest absolute Gasteiger partial charge is 0.147 e. The second kappa shape index (κ2) is 5.76. The number of pyridine rings is 1. The third-order valence-corrected chi connectivity index (χ3v) is 3.73. The Morgan fingerprint density at radius 1 is 1.61 bits per heavy atom. The van der Waals surface area contributed by atoms with E-state index >= 15 is 0 Å². The quantitative estimate of drug-likeness (QED) is 0.862. The van der Waals surface area contributed by atoms with Gasteiger partial charge in [0.05, 0.1) is 23.5 Å². The molecular formula is C13H20ClN3O. The first-order chi connectivity index (χ1) is 8.63. The van der Waals surface area contributed by atoms with Gasteiger partial charge in [-0.25, -0.2) is 4.98 Å². The van der Waals surface area contributed by atoms with Crippen LogP contribution in [-0.4, -0.2) is 31.3 Å². The molecule has 1 aliphatic rings. The van der Waals surface area contributed by atoms with Crippen molar-refractivity contribution in [3.63, 3.8) is 0 Å². The number of halogens is 1. The Hall–Kier alpha value is -1.00. The molecule has 1 fully saturated rings. The summed E-state index contributed by atoms with van der Waals surface area (Å²) in [7, 11) is 1.71. The van der Waals surface area contributed by atoms with Crippen molar-refractivity contribution in [1.82, 2.24) is 4.98 Å². The van der Waals surface area contributed by atoms with Crippen LogP contribution in [0.2, 0.25) is 5.02 Å². The molecule has 0 aliphatic heterocycles. The summed E-state index contributed by atoms with van der Waals surface area (Å²) in [5.74, 6) is 1.56. The summed E-state index contributed by atoms with van der Waals surface area (Å²) in [5, 5.41) is 0.610. The van der Waals surface area contributed by atoms with Gasteiger partial charge in [0.25, 0.3) is 0 Å². The highest BCUT2D eigenvalue weighted by Crippen LogP contribution is 2.38. The number of nitrogen functional groups attached to an aromatic ring is 1. The minimum atomic E-state index is 0.439. The Bertz CT molecular complexity index is 409. The fourth-order valence-electron chi connectivity index (χ4n) is 2.18. The molecule has 2 rings (SSSR count). The maximum atomic E-state index is 6.25. The lowest BCUT2D eigenvalue weighted by Crippen LogP contribution is -2.38. The Morgan fingerprint density at radius 3 is 2.89 bits per heavy atom. The Labute approximate surface area is 113 Å². The van der Waals surface area contributed by atoms with Crippen LogP contribution in [0.3, 0.4) is 0 Å². The average Bonchev–Trinajstić information content (AvgIpc) is 3.15. The predicted octanol–water partition coefficient (Wildman–Crippen LogP) is 2.57. The molecule has 0 aromatic carbocycles. The number of hydrogen-bond donors (Lipinski definition) is 1. The Morgan fingerprint density at radius 2 is 2.33 bits per heavy atom. The summed E-state index contributed by atoms with van der Waals surface area (Å²) in [6.07, 6.45) is 4.23. The number of nitrogens with two attached hydrogens (primary N) is 1. The third-order valence-electron chi connectivity index (χ3n) is 3.45. The topological polar surface area (TPSA) is 51.4 Å². The van der Waals surface area contributed by atoms with Crippen molar-refractivity contribution in [3.05, 3.63) is 17.3 Å². The molecule has 1 aliphatic carbocycles. The third kappa shape index (κ3) is 3.06. The van der Waals surface area contributed by atoms with E-state index in [0.717, 1.165) is 18.3 Å². The van der Waals surface area contributed by atoms with Crippen LogP contribution in [0, 0.1) is 5.92 Å². The zero-order chi connectivity index (χ0) is 13.1. The molecule has 4 nitrogen and oxygen atoms in total. The highest BCUT2D eigenvalue weighted by Gasteiger charge is 2.33. The normalized spacial score (nSPS) is 16.6. The maximum Gasteiger partial charge on any atom is 0.147 e. The van der Waals surface area contributed by atoms with Crippen LogP contribution >= 0.6 is 11.6 Å². The molecule has 18 heavy (non-hydrogen) atoms.